The first-order valence-corrected chi connectivity index (χ1v) is 14.5. The third-order valence-electron chi connectivity index (χ3n) is 7.61. The molecule has 0 bridgehead atoms. The van der Waals surface area contributed by atoms with Gasteiger partial charge in [0.05, 0.1) is 13.4 Å². The SMILES string of the molecule is COc1c(C(C)(C)C)cc(-c2ncc(C3CCN(C(=O)Cn4cnc5cccnc54)CC3)s2)cc1C(C)(C)C. The summed E-state index contributed by atoms with van der Waals surface area (Å²) in [6.45, 7) is 15.2. The van der Waals surface area contributed by atoms with Gasteiger partial charge in [0, 0.05) is 47.1 Å². The number of amides is 1. The van der Waals surface area contributed by atoms with Gasteiger partial charge < -0.3 is 14.2 Å². The van der Waals surface area contributed by atoms with Crippen molar-refractivity contribution in [2.75, 3.05) is 20.2 Å². The largest absolute Gasteiger partial charge is 0.496 e. The molecule has 206 valence electrons. The topological polar surface area (TPSA) is 73.1 Å². The summed E-state index contributed by atoms with van der Waals surface area (Å²) < 4.78 is 7.79. The number of piperidine rings is 1. The van der Waals surface area contributed by atoms with Crippen molar-refractivity contribution in [3.63, 3.8) is 0 Å². The van der Waals surface area contributed by atoms with E-state index in [1.807, 2.05) is 27.8 Å². The van der Waals surface area contributed by atoms with Crippen LogP contribution in [0.5, 0.6) is 5.75 Å². The number of fused-ring (bicyclic) bond motifs is 1. The number of hydrogen-bond acceptors (Lipinski definition) is 6. The highest BCUT2D eigenvalue weighted by atomic mass is 32.1. The van der Waals surface area contributed by atoms with E-state index in [1.165, 1.54) is 16.0 Å². The summed E-state index contributed by atoms with van der Waals surface area (Å²) in [5, 5.41) is 1.04. The summed E-state index contributed by atoms with van der Waals surface area (Å²) in [5.74, 6) is 1.51. The molecule has 0 atom stereocenters. The van der Waals surface area contributed by atoms with E-state index in [-0.39, 0.29) is 23.3 Å². The van der Waals surface area contributed by atoms with Gasteiger partial charge in [-0.2, -0.15) is 0 Å². The van der Waals surface area contributed by atoms with E-state index in [2.05, 4.69) is 63.6 Å². The summed E-state index contributed by atoms with van der Waals surface area (Å²) in [6.07, 6.45) is 7.37. The molecule has 0 radical (unpaired) electrons. The van der Waals surface area contributed by atoms with Gasteiger partial charge in [0.25, 0.3) is 0 Å². The van der Waals surface area contributed by atoms with Crippen LogP contribution in [-0.4, -0.2) is 50.5 Å². The third-order valence-corrected chi connectivity index (χ3v) is 8.82. The van der Waals surface area contributed by atoms with Crippen molar-refractivity contribution in [1.29, 1.82) is 0 Å². The van der Waals surface area contributed by atoms with Gasteiger partial charge in [-0.15, -0.1) is 11.3 Å². The van der Waals surface area contributed by atoms with Crippen LogP contribution in [0.2, 0.25) is 0 Å². The minimum Gasteiger partial charge on any atom is -0.496 e. The van der Waals surface area contributed by atoms with E-state index in [1.54, 1.807) is 31.0 Å². The molecule has 1 amide bonds. The van der Waals surface area contributed by atoms with Crippen molar-refractivity contribution >= 4 is 28.4 Å². The lowest BCUT2D eigenvalue weighted by Crippen LogP contribution is -2.39. The monoisotopic (exact) mass is 545 g/mol. The van der Waals surface area contributed by atoms with Gasteiger partial charge >= 0.3 is 0 Å². The molecule has 0 aliphatic carbocycles. The molecule has 0 N–H and O–H groups in total. The predicted octanol–water partition coefficient (Wildman–Crippen LogP) is 6.56. The number of methoxy groups -OCH3 is 1. The van der Waals surface area contributed by atoms with Crippen LogP contribution >= 0.6 is 11.3 Å². The quantitative estimate of drug-likeness (QED) is 0.284. The number of aromatic nitrogens is 4. The van der Waals surface area contributed by atoms with E-state index >= 15 is 0 Å². The van der Waals surface area contributed by atoms with E-state index in [4.69, 9.17) is 9.72 Å². The zero-order valence-electron chi connectivity index (χ0n) is 24.1. The minimum absolute atomic E-state index is 0.0557. The Labute approximate surface area is 235 Å². The molecule has 1 aromatic carbocycles. The van der Waals surface area contributed by atoms with Crippen molar-refractivity contribution in [3.8, 4) is 16.3 Å². The molecule has 0 spiro atoms. The number of benzene rings is 1. The lowest BCUT2D eigenvalue weighted by molar-refractivity contribution is -0.132. The van der Waals surface area contributed by atoms with Gasteiger partial charge in [-0.25, -0.2) is 15.0 Å². The maximum Gasteiger partial charge on any atom is 0.242 e. The lowest BCUT2D eigenvalue weighted by Gasteiger charge is -2.31. The molecule has 0 unspecified atom stereocenters. The number of carbonyl (C=O) groups is 1. The second-order valence-electron chi connectivity index (χ2n) is 12.5. The first-order valence-electron chi connectivity index (χ1n) is 13.7. The number of nitrogens with zero attached hydrogens (tertiary/aromatic N) is 5. The molecule has 5 rings (SSSR count). The Bertz CT molecular complexity index is 1450. The molecule has 1 aliphatic heterocycles. The van der Waals surface area contributed by atoms with Crippen LogP contribution in [0.1, 0.15) is 76.3 Å². The summed E-state index contributed by atoms with van der Waals surface area (Å²) in [5.41, 5.74) is 5.01. The molecule has 1 fully saturated rings. The van der Waals surface area contributed by atoms with Gasteiger partial charge in [-0.1, -0.05) is 41.5 Å². The average molecular weight is 546 g/mol. The summed E-state index contributed by atoms with van der Waals surface area (Å²) in [6, 6.07) is 8.29. The number of likely N-dealkylation sites (tertiary alicyclic amines) is 1. The number of imidazole rings is 1. The summed E-state index contributed by atoms with van der Waals surface area (Å²) in [4.78, 5) is 29.9. The number of ether oxygens (including phenoxy) is 1. The van der Waals surface area contributed by atoms with Crippen LogP contribution in [0.25, 0.3) is 21.7 Å². The molecule has 1 aliphatic rings. The van der Waals surface area contributed by atoms with Crippen molar-refractivity contribution in [1.82, 2.24) is 24.4 Å². The Morgan fingerprint density at radius 3 is 2.31 bits per heavy atom. The van der Waals surface area contributed by atoms with Crippen molar-refractivity contribution in [2.24, 2.45) is 0 Å². The van der Waals surface area contributed by atoms with Crippen molar-refractivity contribution in [3.05, 3.63) is 59.0 Å². The molecule has 0 saturated carbocycles. The fraction of sp³-hybridized carbons (Fsp3) is 0.484. The van der Waals surface area contributed by atoms with E-state index in [0.29, 0.717) is 5.92 Å². The van der Waals surface area contributed by atoms with Crippen LogP contribution < -0.4 is 4.74 Å². The third kappa shape index (κ3) is 5.57. The second-order valence-corrected chi connectivity index (χ2v) is 13.6. The fourth-order valence-corrected chi connectivity index (χ4v) is 6.44. The van der Waals surface area contributed by atoms with Crippen LogP contribution in [0, 0.1) is 0 Å². The molecule has 1 saturated heterocycles. The van der Waals surface area contributed by atoms with Gasteiger partial charge in [0.15, 0.2) is 5.65 Å². The molecular weight excluding hydrogens is 506 g/mol. The standard InChI is InChI=1S/C31H39N5O2S/c1-30(2,3)22-15-21(16-23(27(22)38-7)31(4,5)6)29-33-17-25(39-29)20-10-13-35(14-11-20)26(37)18-36-19-34-24-9-8-12-32-28(24)36/h8-9,12,15-17,19-20H,10-11,13-14,18H2,1-7H3. The van der Waals surface area contributed by atoms with E-state index < -0.39 is 0 Å². The van der Waals surface area contributed by atoms with E-state index in [0.717, 1.165) is 53.4 Å². The number of carbonyl (C=O) groups excluding carboxylic acids is 1. The zero-order valence-corrected chi connectivity index (χ0v) is 24.9. The highest BCUT2D eigenvalue weighted by molar-refractivity contribution is 7.15. The Hall–Kier alpha value is -3.26. The summed E-state index contributed by atoms with van der Waals surface area (Å²) in [7, 11) is 1.77. The highest BCUT2D eigenvalue weighted by Gasteiger charge is 2.29. The molecule has 4 aromatic rings. The predicted molar refractivity (Wildman–Crippen MR) is 158 cm³/mol. The smallest absolute Gasteiger partial charge is 0.242 e. The maximum absolute atomic E-state index is 13.0. The van der Waals surface area contributed by atoms with Gasteiger partial charge in [-0.05, 0) is 53.9 Å². The highest BCUT2D eigenvalue weighted by Crippen LogP contribution is 2.44. The molecule has 3 aromatic heterocycles. The molecule has 39 heavy (non-hydrogen) atoms. The van der Waals surface area contributed by atoms with Gasteiger partial charge in [0.1, 0.15) is 22.8 Å². The first-order chi connectivity index (χ1) is 18.5. The van der Waals surface area contributed by atoms with E-state index in [9.17, 15) is 4.79 Å². The molecule has 8 heteroatoms. The van der Waals surface area contributed by atoms with Crippen molar-refractivity contribution in [2.45, 2.75) is 77.7 Å². The van der Waals surface area contributed by atoms with Crippen LogP contribution in [0.15, 0.2) is 43.0 Å². The van der Waals surface area contributed by atoms with Gasteiger partial charge in [0.2, 0.25) is 5.91 Å². The Morgan fingerprint density at radius 1 is 1.03 bits per heavy atom. The normalized spacial score (nSPS) is 15.2. The molecule has 4 heterocycles. The van der Waals surface area contributed by atoms with Crippen LogP contribution in [0.3, 0.4) is 0 Å². The maximum atomic E-state index is 13.0. The van der Waals surface area contributed by atoms with Crippen molar-refractivity contribution < 1.29 is 9.53 Å². The number of rotatable bonds is 5. The Kier molecular flexibility index (Phi) is 7.27. The Balaban J connectivity index is 1.31. The fourth-order valence-electron chi connectivity index (χ4n) is 5.37. The Morgan fingerprint density at radius 2 is 1.69 bits per heavy atom. The average Bonchev–Trinajstić information content (AvgIpc) is 3.55. The minimum atomic E-state index is -0.0557. The molecular formula is C31H39N5O2S. The summed E-state index contributed by atoms with van der Waals surface area (Å²) >= 11 is 1.78. The number of hydrogen-bond donors (Lipinski definition) is 0. The zero-order chi connectivity index (χ0) is 27.9. The first kappa shape index (κ1) is 27.3. The second kappa shape index (κ2) is 10.4. The van der Waals surface area contributed by atoms with Gasteiger partial charge in [-0.3, -0.25) is 4.79 Å². The van der Waals surface area contributed by atoms with Crippen LogP contribution in [-0.2, 0) is 22.2 Å². The van der Waals surface area contributed by atoms with Crippen LogP contribution in [0.4, 0.5) is 0 Å². The lowest BCUT2D eigenvalue weighted by atomic mass is 9.78. The molecule has 7 nitrogen and oxygen atoms in total. The number of thiazole rings is 1. The number of pyridine rings is 1.